The van der Waals surface area contributed by atoms with Gasteiger partial charge < -0.3 is 20.1 Å². The van der Waals surface area contributed by atoms with Crippen LogP contribution in [0.3, 0.4) is 0 Å². The van der Waals surface area contributed by atoms with E-state index in [9.17, 15) is 14.7 Å². The van der Waals surface area contributed by atoms with E-state index in [2.05, 4.69) is 31.1 Å². The number of thiazole rings is 1. The molecule has 0 unspecified atom stereocenters. The second kappa shape index (κ2) is 9.57. The molecule has 1 fully saturated rings. The van der Waals surface area contributed by atoms with Crippen molar-refractivity contribution in [3.63, 3.8) is 0 Å². The number of carbonyl (C=O) groups is 1. The van der Waals surface area contributed by atoms with Gasteiger partial charge in [0.15, 0.2) is 0 Å². The van der Waals surface area contributed by atoms with E-state index < -0.39 is 10.8 Å². The first-order valence-corrected chi connectivity index (χ1v) is 12.3. The number of carbonyl (C=O) groups excluding carboxylic acids is 1. The molecule has 1 aromatic heterocycles. The van der Waals surface area contributed by atoms with Gasteiger partial charge in [0.2, 0.25) is 11.8 Å². The summed E-state index contributed by atoms with van der Waals surface area (Å²) in [7, 11) is 0. The molecule has 1 saturated heterocycles. The number of nitrogens with one attached hydrogen (secondary N) is 1. The predicted molar refractivity (Wildman–Crippen MR) is 139 cm³/mol. The topological polar surface area (TPSA) is 96.2 Å². The summed E-state index contributed by atoms with van der Waals surface area (Å²) in [5, 5.41) is 13.4. The summed E-state index contributed by atoms with van der Waals surface area (Å²) in [4.78, 5) is 31.6. The number of aromatic hydroxyl groups is 1. The van der Waals surface area contributed by atoms with Crippen LogP contribution >= 0.6 is 27.3 Å². The Morgan fingerprint density at radius 1 is 1.21 bits per heavy atom. The van der Waals surface area contributed by atoms with Gasteiger partial charge in [-0.05, 0) is 48.5 Å². The van der Waals surface area contributed by atoms with E-state index in [1.54, 1.807) is 12.3 Å². The highest BCUT2D eigenvalue weighted by atomic mass is 79.9. The number of hydrogen-bond acceptors (Lipinski definition) is 7. The Hall–Kier alpha value is -3.21. The van der Waals surface area contributed by atoms with Crippen LogP contribution in [0.2, 0.25) is 0 Å². The summed E-state index contributed by atoms with van der Waals surface area (Å²) in [6, 6.07) is 13.3. The third kappa shape index (κ3) is 4.70. The highest BCUT2D eigenvalue weighted by Crippen LogP contribution is 2.36. The molecule has 0 bridgehead atoms. The Bertz CT molecular complexity index is 1350. The molecule has 0 atom stereocenters. The minimum absolute atomic E-state index is 0.239. The van der Waals surface area contributed by atoms with E-state index in [4.69, 9.17) is 4.74 Å². The lowest BCUT2D eigenvalue weighted by molar-refractivity contribution is -0.116. The summed E-state index contributed by atoms with van der Waals surface area (Å²) < 4.78 is 7.36. The Morgan fingerprint density at radius 3 is 2.74 bits per heavy atom. The van der Waals surface area contributed by atoms with Crippen molar-refractivity contribution in [1.82, 2.24) is 4.57 Å². The van der Waals surface area contributed by atoms with Gasteiger partial charge in [0.1, 0.15) is 6.54 Å². The average Bonchev–Trinajstić information content (AvgIpc) is 3.35. The summed E-state index contributed by atoms with van der Waals surface area (Å²) in [6.07, 6.45) is 3.40. The van der Waals surface area contributed by atoms with Crippen molar-refractivity contribution in [3.05, 3.63) is 67.0 Å². The molecule has 1 amide bonds. The molecule has 0 aliphatic carbocycles. The molecule has 3 aromatic rings. The number of aromatic nitrogens is 1. The van der Waals surface area contributed by atoms with E-state index in [0.29, 0.717) is 23.8 Å². The summed E-state index contributed by atoms with van der Waals surface area (Å²) in [6.45, 7) is 2.78. The Morgan fingerprint density at radius 2 is 1.97 bits per heavy atom. The van der Waals surface area contributed by atoms with Gasteiger partial charge in [-0.25, -0.2) is 0 Å². The zero-order valence-corrected chi connectivity index (χ0v) is 20.4. The quantitative estimate of drug-likeness (QED) is 0.507. The molecule has 10 heteroatoms. The van der Waals surface area contributed by atoms with Crippen LogP contribution in [-0.2, 0) is 16.1 Å². The molecule has 0 spiro atoms. The molecule has 2 aliphatic heterocycles. The number of hydrogen-bond donors (Lipinski definition) is 2. The fourth-order valence-corrected chi connectivity index (χ4v) is 5.08. The lowest BCUT2D eigenvalue weighted by Crippen LogP contribution is -2.36. The highest BCUT2D eigenvalue weighted by molar-refractivity contribution is 9.10. The average molecular weight is 541 g/mol. The van der Waals surface area contributed by atoms with Crippen LogP contribution in [-0.4, -0.2) is 48.1 Å². The van der Waals surface area contributed by atoms with E-state index >= 15 is 0 Å². The Balaban J connectivity index is 1.28. The molecular weight excluding hydrogens is 520 g/mol. The normalized spacial score (nSPS) is 16.1. The van der Waals surface area contributed by atoms with Crippen LogP contribution < -0.4 is 15.1 Å². The van der Waals surface area contributed by atoms with Gasteiger partial charge in [-0.2, -0.15) is 0 Å². The van der Waals surface area contributed by atoms with Gasteiger partial charge >= 0.3 is 4.87 Å². The molecule has 0 radical (unpaired) electrons. The van der Waals surface area contributed by atoms with Crippen molar-refractivity contribution in [2.75, 3.05) is 36.5 Å². The van der Waals surface area contributed by atoms with Crippen molar-refractivity contribution >= 4 is 68.1 Å². The minimum Gasteiger partial charge on any atom is -0.493 e. The summed E-state index contributed by atoms with van der Waals surface area (Å²) in [5.74, 6) is -0.637. The fraction of sp³-hybridized carbons (Fsp3) is 0.208. The van der Waals surface area contributed by atoms with Crippen LogP contribution in [0.5, 0.6) is 5.88 Å². The van der Waals surface area contributed by atoms with Crippen LogP contribution in [0.25, 0.3) is 11.6 Å². The highest BCUT2D eigenvalue weighted by Gasteiger charge is 2.19. The number of aliphatic imine (C=N–C) groups is 1. The maximum Gasteiger partial charge on any atom is 0.311 e. The first kappa shape index (κ1) is 22.6. The van der Waals surface area contributed by atoms with Crippen molar-refractivity contribution in [1.29, 1.82) is 0 Å². The van der Waals surface area contributed by atoms with Crippen LogP contribution in [0.1, 0.15) is 10.4 Å². The zero-order chi connectivity index (χ0) is 23.7. The third-order valence-corrected chi connectivity index (χ3v) is 7.03. The zero-order valence-electron chi connectivity index (χ0n) is 18.0. The van der Waals surface area contributed by atoms with Gasteiger partial charge in [0.25, 0.3) is 0 Å². The second-order valence-electron chi connectivity index (χ2n) is 7.86. The van der Waals surface area contributed by atoms with Crippen molar-refractivity contribution < 1.29 is 14.6 Å². The molecule has 5 rings (SSSR count). The number of halogens is 1. The van der Waals surface area contributed by atoms with E-state index in [-0.39, 0.29) is 12.4 Å². The van der Waals surface area contributed by atoms with E-state index in [1.807, 2.05) is 42.5 Å². The van der Waals surface area contributed by atoms with E-state index in [1.165, 1.54) is 0 Å². The molecule has 2 N–H and O–H groups in total. The van der Waals surface area contributed by atoms with Gasteiger partial charge in [-0.15, -0.1) is 0 Å². The maximum absolute atomic E-state index is 12.6. The smallest absolute Gasteiger partial charge is 0.311 e. The van der Waals surface area contributed by atoms with Crippen LogP contribution in [0.4, 0.5) is 17.1 Å². The number of rotatable bonds is 5. The summed E-state index contributed by atoms with van der Waals surface area (Å²) >= 11 is 4.34. The number of morpholine rings is 1. The molecule has 174 valence electrons. The largest absolute Gasteiger partial charge is 0.493 e. The molecule has 2 aliphatic rings. The van der Waals surface area contributed by atoms with Gasteiger partial charge in [0.05, 0.1) is 23.8 Å². The lowest BCUT2D eigenvalue weighted by Gasteiger charge is -2.28. The Kier molecular flexibility index (Phi) is 6.36. The number of ether oxygens (including phenoxy) is 1. The molecular formula is C24H21BrN4O4S. The molecule has 34 heavy (non-hydrogen) atoms. The number of allylic oxidation sites excluding steroid dienone is 1. The van der Waals surface area contributed by atoms with Crippen LogP contribution in [0.15, 0.2) is 56.7 Å². The number of nitrogens with zero attached hydrogens (tertiary/aromatic N) is 3. The summed E-state index contributed by atoms with van der Waals surface area (Å²) in [5.41, 5.74) is 4.19. The molecule has 0 saturated carbocycles. The van der Waals surface area contributed by atoms with Gasteiger partial charge in [0, 0.05) is 46.3 Å². The van der Waals surface area contributed by atoms with Crippen LogP contribution in [0, 0.1) is 0 Å². The number of amides is 1. The van der Waals surface area contributed by atoms with Crippen molar-refractivity contribution in [2.24, 2.45) is 4.99 Å². The Labute approximate surface area is 208 Å². The fourth-order valence-electron chi connectivity index (χ4n) is 3.89. The van der Waals surface area contributed by atoms with E-state index in [0.717, 1.165) is 56.0 Å². The molecule has 2 aromatic carbocycles. The first-order chi connectivity index (χ1) is 16.5. The maximum atomic E-state index is 12.6. The van der Waals surface area contributed by atoms with Crippen molar-refractivity contribution in [2.45, 2.75) is 6.54 Å². The predicted octanol–water partition coefficient (Wildman–Crippen LogP) is 4.11. The first-order valence-electron chi connectivity index (χ1n) is 10.7. The standard InChI is InChI=1S/C24H21BrN4O4S/c25-16-1-6-20-19(12-16)15(13-26-20)11-21-23(31)29(24(32)34-21)14-22(30)27-17-2-4-18(5-3-17)28-7-9-33-10-8-28/h1-6,11-13,31H,7-10,14H2,(H,27,30). The molecule has 3 heterocycles. The third-order valence-electron chi connectivity index (χ3n) is 5.62. The number of anilines is 2. The second-order valence-corrected chi connectivity index (χ2v) is 9.76. The number of fused-ring (bicyclic) bond motifs is 1. The SMILES string of the molecule is O=C(Cn1c(O)c(C=C2C=Nc3ccc(Br)cc32)sc1=O)Nc1ccc(N2CCOCC2)cc1. The monoisotopic (exact) mass is 540 g/mol. The van der Waals surface area contributed by atoms with Gasteiger partial charge in [-0.1, -0.05) is 27.3 Å². The van der Waals surface area contributed by atoms with Gasteiger partial charge in [-0.3, -0.25) is 19.1 Å². The lowest BCUT2D eigenvalue weighted by atomic mass is 10.1. The van der Waals surface area contributed by atoms with Crippen molar-refractivity contribution in [3.8, 4) is 5.88 Å². The minimum atomic E-state index is -0.411. The number of benzene rings is 2. The molecule has 8 nitrogen and oxygen atoms in total.